The van der Waals surface area contributed by atoms with E-state index < -0.39 is 16.8 Å². The maximum Gasteiger partial charge on any atom is 0.165 e. The van der Waals surface area contributed by atoms with Gasteiger partial charge >= 0.3 is 0 Å². The number of hydrogen-bond acceptors (Lipinski definition) is 21. The number of halogens is 1. The molecule has 11 aromatic rings. The van der Waals surface area contributed by atoms with Crippen molar-refractivity contribution in [3.05, 3.63) is 270 Å². The van der Waals surface area contributed by atoms with Crippen molar-refractivity contribution in [3.8, 4) is 34.2 Å². The first-order valence-corrected chi connectivity index (χ1v) is 41.4. The second-order valence-corrected chi connectivity index (χ2v) is 34.6. The third-order valence-corrected chi connectivity index (χ3v) is 22.9. The molecule has 1 saturated carbocycles. The van der Waals surface area contributed by atoms with E-state index >= 15 is 0 Å². The van der Waals surface area contributed by atoms with E-state index in [0.717, 1.165) is 153 Å². The SMILES string of the molecule is C=C1C(C)=CC(c2ccc3nc(-c4cnn(CC(C)(C)O)c4)nc(N4CCOC[C@@H]4C4CC4)c3c2)=CN1C.C=C1C(C)=CC(c2ccc3nc(-c4cnn(CC(C)(C)O)c4)nc(N4CCOC[C@@H]4c4ccc(F)cc4)c3c2)=CN1C.C=C1C(C)=CC(c2ccc3nc(-c4cnn(CC(C)(C)O)c4)nc(N4CCOC[C@@H]4c4ccccc4)c3c2)=CN1C. The molecule has 24 nitrogen and oxygen atoms in total. The van der Waals surface area contributed by atoms with Gasteiger partial charge in [0.2, 0.25) is 0 Å². The summed E-state index contributed by atoms with van der Waals surface area (Å²) in [5, 5.41) is 47.2. The molecule has 7 aliphatic rings. The van der Waals surface area contributed by atoms with Crippen molar-refractivity contribution in [3.63, 3.8) is 0 Å². The van der Waals surface area contributed by atoms with Crippen LogP contribution in [0.3, 0.4) is 0 Å². The van der Waals surface area contributed by atoms with E-state index in [1.54, 1.807) is 86.3 Å². The number of rotatable bonds is 18. The molecule has 0 radical (unpaired) electrons. The minimum absolute atomic E-state index is 0.0166. The fourth-order valence-electron chi connectivity index (χ4n) is 16.4. The zero-order valence-electron chi connectivity index (χ0n) is 71.1. The molecule has 624 valence electrons. The average Bonchev–Trinajstić information content (AvgIpc) is 1.27. The molecule has 6 aliphatic heterocycles. The quantitative estimate of drug-likeness (QED) is 0.0723. The molecule has 0 spiro atoms. The number of anilines is 3. The zero-order valence-corrected chi connectivity index (χ0v) is 71.1. The topological polar surface area (TPSA) is 239 Å². The van der Waals surface area contributed by atoms with Crippen molar-refractivity contribution >= 4 is 66.9 Å². The Hall–Kier alpha value is -12.1. The number of nitrogens with zero attached hydrogens (tertiary/aromatic N) is 18. The highest BCUT2D eigenvalue weighted by molar-refractivity contribution is 5.98. The van der Waals surface area contributed by atoms with Crippen molar-refractivity contribution in [2.75, 3.05) is 95.1 Å². The van der Waals surface area contributed by atoms with Gasteiger partial charge in [0, 0.05) is 111 Å². The van der Waals surface area contributed by atoms with E-state index in [1.165, 1.54) is 30.5 Å². The van der Waals surface area contributed by atoms with Gasteiger partial charge in [0.15, 0.2) is 17.5 Å². The third kappa shape index (κ3) is 18.6. The molecule has 3 atom stereocenters. The van der Waals surface area contributed by atoms with Crippen LogP contribution >= 0.6 is 0 Å². The van der Waals surface area contributed by atoms with E-state index in [9.17, 15) is 19.7 Å². The second kappa shape index (κ2) is 33.8. The van der Waals surface area contributed by atoms with Gasteiger partial charge in [0.1, 0.15) is 23.3 Å². The Bertz CT molecular complexity index is 5990. The molecule has 18 rings (SSSR count). The first-order valence-electron chi connectivity index (χ1n) is 41.4. The molecule has 3 saturated heterocycles. The highest BCUT2D eigenvalue weighted by Gasteiger charge is 2.40. The molecule has 25 heteroatoms. The molecule has 3 N–H and O–H groups in total. The molecular formula is C96H107FN18O6. The van der Waals surface area contributed by atoms with Gasteiger partial charge in [-0.3, -0.25) is 14.0 Å². The number of fused-ring (bicyclic) bond motifs is 3. The first kappa shape index (κ1) is 82.6. The summed E-state index contributed by atoms with van der Waals surface area (Å²) in [7, 11) is 6.06. The summed E-state index contributed by atoms with van der Waals surface area (Å²) < 4.78 is 36.8. The van der Waals surface area contributed by atoms with E-state index in [-0.39, 0.29) is 17.9 Å². The second-order valence-electron chi connectivity index (χ2n) is 34.6. The van der Waals surface area contributed by atoms with Gasteiger partial charge in [-0.05, 0) is 209 Å². The standard InChI is InChI=1S/C33H35FN6O2.C33H36N6O2.C30H36N6O2/c1-21-14-25(17-38(5)22(21)2)24-8-11-29-28(15-24)32(37-31(36-29)26-16-35-39(18-26)20-33(3,4)41)40-12-13-42-19-30(40)23-6-9-27(34)10-7-23;1-22-15-26(18-37(5)23(22)2)25-11-12-29-28(16-25)32(39-13-14-41-20-30(39)24-9-7-6-8-10-24)36-31(35-29)27-17-34-38(19-27)21-33(3,4)40;1-19-12-23(15-34(5)20(19)2)22-8-9-26-25(13-22)29(36-10-11-38-17-27(36)21-6-7-21)33-28(32-26)24-14-31-35(16-24)18-30(3,4)37/h6-11,14-18,30,41H,2,12-13,19-20H2,1,3-5H3;6-12,15-19,30,40H,2,13-14,20-21H2,1,3-5H3;8-9,12-16,21,27,37H,2,6-7,10-11,17-18H2,1,3-5H3/t2*30-;27-/m111/s1. The minimum atomic E-state index is -0.910. The molecule has 0 bridgehead atoms. The lowest BCUT2D eigenvalue weighted by atomic mass is 9.98. The maximum atomic E-state index is 13.8. The number of allylic oxidation sites excluding steroid dienone is 9. The number of likely N-dealkylation sites (N-methyl/N-ethyl adjacent to an activating group) is 3. The van der Waals surface area contributed by atoms with Crippen molar-refractivity contribution in [2.24, 2.45) is 5.92 Å². The van der Waals surface area contributed by atoms with E-state index in [0.29, 0.717) is 95.2 Å². The lowest BCUT2D eigenvalue weighted by Gasteiger charge is -2.37. The Balaban J connectivity index is 0.000000135. The largest absolute Gasteiger partial charge is 0.389 e. The number of ether oxygens (including phenoxy) is 3. The zero-order chi connectivity index (χ0) is 84.9. The normalized spacial score (nSPS) is 18.8. The summed E-state index contributed by atoms with van der Waals surface area (Å²) in [4.78, 5) is 43.6. The maximum absolute atomic E-state index is 13.8. The van der Waals surface area contributed by atoms with Gasteiger partial charge in [-0.25, -0.2) is 34.3 Å². The molecule has 121 heavy (non-hydrogen) atoms. The summed E-state index contributed by atoms with van der Waals surface area (Å²) >= 11 is 0. The van der Waals surface area contributed by atoms with Crippen LogP contribution in [0, 0.1) is 11.7 Å². The van der Waals surface area contributed by atoms with Gasteiger partial charge in [-0.1, -0.05) is 80.4 Å². The number of aliphatic hydroxyl groups is 3. The molecular weight excluding hydrogens is 1520 g/mol. The third-order valence-electron chi connectivity index (χ3n) is 22.9. The van der Waals surface area contributed by atoms with Gasteiger partial charge in [0.25, 0.3) is 0 Å². The summed E-state index contributed by atoms with van der Waals surface area (Å²) in [5.41, 5.74) is 17.4. The van der Waals surface area contributed by atoms with Crippen LogP contribution in [0.2, 0.25) is 0 Å². The predicted molar refractivity (Wildman–Crippen MR) is 476 cm³/mol. The lowest BCUT2D eigenvalue weighted by Crippen LogP contribution is -2.47. The molecule has 1 aliphatic carbocycles. The van der Waals surface area contributed by atoms with E-state index in [2.05, 4.69) is 190 Å². The molecule has 0 amide bonds. The Labute approximate surface area is 706 Å². The minimum Gasteiger partial charge on any atom is -0.389 e. The van der Waals surface area contributed by atoms with Crippen molar-refractivity contribution in [2.45, 2.75) is 130 Å². The van der Waals surface area contributed by atoms with Crippen LogP contribution < -0.4 is 14.7 Å². The lowest BCUT2D eigenvalue weighted by molar-refractivity contribution is 0.0571. The highest BCUT2D eigenvalue weighted by Crippen LogP contribution is 2.44. The summed E-state index contributed by atoms with van der Waals surface area (Å²) in [6.45, 7) is 36.2. The summed E-state index contributed by atoms with van der Waals surface area (Å²) in [6, 6.07) is 36.3. The molecule has 6 aromatic heterocycles. The number of benzene rings is 5. The highest BCUT2D eigenvalue weighted by atomic mass is 19.1. The Morgan fingerprint density at radius 2 is 0.760 bits per heavy atom. The van der Waals surface area contributed by atoms with Crippen LogP contribution in [0.1, 0.15) is 115 Å². The van der Waals surface area contributed by atoms with E-state index in [4.69, 9.17) is 44.1 Å². The molecule has 5 aromatic carbocycles. The predicted octanol–water partition coefficient (Wildman–Crippen LogP) is 15.9. The molecule has 12 heterocycles. The van der Waals surface area contributed by atoms with Crippen molar-refractivity contribution in [1.82, 2.24) is 73.9 Å². The Morgan fingerprint density at radius 1 is 0.421 bits per heavy atom. The van der Waals surface area contributed by atoms with Crippen LogP contribution in [0.5, 0.6) is 0 Å². The summed E-state index contributed by atoms with van der Waals surface area (Å²) in [6.07, 6.45) is 26.3. The number of hydrogen-bond donors (Lipinski definition) is 3. The van der Waals surface area contributed by atoms with Crippen LogP contribution in [-0.4, -0.2) is 193 Å². The van der Waals surface area contributed by atoms with E-state index in [1.807, 2.05) is 56.8 Å². The van der Waals surface area contributed by atoms with Crippen LogP contribution in [0.4, 0.5) is 21.8 Å². The van der Waals surface area contributed by atoms with Crippen LogP contribution in [0.25, 0.3) is 83.6 Å². The molecule has 4 fully saturated rings. The van der Waals surface area contributed by atoms with Gasteiger partial charge < -0.3 is 58.9 Å². The van der Waals surface area contributed by atoms with Crippen molar-refractivity contribution < 1.29 is 33.9 Å². The molecule has 0 unspecified atom stereocenters. The van der Waals surface area contributed by atoms with Gasteiger partial charge in [-0.2, -0.15) is 15.3 Å². The number of morpholine rings is 3. The smallest absolute Gasteiger partial charge is 0.165 e. The van der Waals surface area contributed by atoms with Crippen LogP contribution in [-0.2, 0) is 33.8 Å². The Morgan fingerprint density at radius 3 is 1.11 bits per heavy atom. The van der Waals surface area contributed by atoms with Gasteiger partial charge in [0.05, 0.1) is 146 Å². The monoisotopic (exact) mass is 1630 g/mol. The number of aromatic nitrogens is 12. The Kier molecular flexibility index (Phi) is 23.1. The van der Waals surface area contributed by atoms with Crippen molar-refractivity contribution in [1.29, 1.82) is 0 Å². The summed E-state index contributed by atoms with van der Waals surface area (Å²) in [5.74, 6) is 4.76. The first-order chi connectivity index (χ1) is 57.9. The fraction of sp³-hybridized carbons (Fsp3) is 0.344. The average molecular weight is 1630 g/mol. The van der Waals surface area contributed by atoms with Gasteiger partial charge in [-0.15, -0.1) is 0 Å². The van der Waals surface area contributed by atoms with Crippen LogP contribution in [0.15, 0.2) is 237 Å². The fourth-order valence-corrected chi connectivity index (χ4v) is 16.4.